The molecule has 0 saturated carbocycles. The number of halogens is 21. The minimum absolute atomic E-state index is 0.0486. The molecule has 3 unspecified atom stereocenters. The SMILES string of the molecule is CC(F)(F)C(F)(F)C(F)(F)C(F)(F)F.CC1(F)OC(=O)C(F)(F)C1(F)F.CC1(F)OC(=O)C(F)(F)C1(F)F.CC1CCC(=O)O1.FF. The molecule has 0 aromatic rings. The fourth-order valence-electron chi connectivity index (χ4n) is 2.54. The van der Waals surface area contributed by atoms with E-state index in [2.05, 4.69) is 9.47 Å². The minimum atomic E-state index is -6.77. The van der Waals surface area contributed by atoms with Crippen LogP contribution in [0.5, 0.6) is 0 Å². The van der Waals surface area contributed by atoms with Gasteiger partial charge >= 0.3 is 77.3 Å². The lowest BCUT2D eigenvalue weighted by atomic mass is 10.1. The average Bonchev–Trinajstić information content (AvgIpc) is 3.33. The van der Waals surface area contributed by atoms with Gasteiger partial charge in [0, 0.05) is 36.3 Å². The number of cyclic esters (lactones) is 3. The van der Waals surface area contributed by atoms with E-state index in [1.165, 1.54) is 0 Å². The number of carbonyl (C=O) groups is 3. The molecule has 6 nitrogen and oxygen atoms in total. The van der Waals surface area contributed by atoms with Crippen LogP contribution in [0.2, 0.25) is 0 Å². The van der Waals surface area contributed by atoms with Crippen molar-refractivity contribution < 1.29 is 121 Å². The molecule has 3 aliphatic heterocycles. The smallest absolute Gasteiger partial charge is 0.460 e. The monoisotopic (exact) mass is 752 g/mol. The van der Waals surface area contributed by atoms with Gasteiger partial charge in [-0.1, -0.05) is 0 Å². The van der Waals surface area contributed by atoms with Gasteiger partial charge in [-0.15, -0.1) is 0 Å². The summed E-state index contributed by atoms with van der Waals surface area (Å²) in [5.74, 6) is -52.1. The molecule has 0 aromatic carbocycles. The standard InChI is InChI=1S/C5H3F9.2C5H3F5O2.C5H8O2.F2/c1-2(6,7)3(8,9)4(10,11)5(12,13)14;2*1-3(6)5(9,10)4(7,8)2(11)12-3;1-4-2-3-5(6)7-4;1-2/h1H3;2*1H3;4H,2-3H2,1H3;. The summed E-state index contributed by atoms with van der Waals surface area (Å²) in [6.45, 7) is 1.34. The van der Waals surface area contributed by atoms with Crippen LogP contribution < -0.4 is 0 Å². The normalized spacial score (nSPS) is 28.8. The molecule has 0 bridgehead atoms. The molecule has 3 rings (SSSR count). The van der Waals surface area contributed by atoms with Crippen LogP contribution in [0.1, 0.15) is 40.5 Å². The lowest BCUT2D eigenvalue weighted by Gasteiger charge is -2.31. The highest BCUT2D eigenvalue weighted by Crippen LogP contribution is 2.54. The van der Waals surface area contributed by atoms with Crippen molar-refractivity contribution in [2.75, 3.05) is 0 Å². The summed E-state index contributed by atoms with van der Waals surface area (Å²) in [5.41, 5.74) is 0. The second-order valence-electron chi connectivity index (χ2n) is 9.28. The van der Waals surface area contributed by atoms with E-state index >= 15 is 0 Å². The number of carbonyl (C=O) groups excluding carboxylic acids is 3. The van der Waals surface area contributed by atoms with Crippen LogP contribution in [-0.4, -0.2) is 83.4 Å². The lowest BCUT2D eigenvalue weighted by molar-refractivity contribution is -0.393. The number of hydrogen-bond acceptors (Lipinski definition) is 6. The van der Waals surface area contributed by atoms with Crippen molar-refractivity contribution in [3.05, 3.63) is 0 Å². The summed E-state index contributed by atoms with van der Waals surface area (Å²) in [7, 11) is 0. The third-order valence-corrected chi connectivity index (χ3v) is 5.38. The van der Waals surface area contributed by atoms with E-state index in [1.54, 1.807) is 0 Å². The van der Waals surface area contributed by atoms with Gasteiger partial charge < -0.3 is 14.2 Å². The first-order valence-electron chi connectivity index (χ1n) is 11.2. The van der Waals surface area contributed by atoms with Gasteiger partial charge in [0.2, 0.25) is 0 Å². The predicted molar refractivity (Wildman–Crippen MR) is 105 cm³/mol. The topological polar surface area (TPSA) is 78.9 Å². The number of rotatable bonds is 2. The molecule has 0 aliphatic carbocycles. The fourth-order valence-corrected chi connectivity index (χ4v) is 2.54. The van der Waals surface area contributed by atoms with Gasteiger partial charge in [0.25, 0.3) is 0 Å². The van der Waals surface area contributed by atoms with E-state index in [1.807, 2.05) is 6.92 Å². The van der Waals surface area contributed by atoms with E-state index in [0.29, 0.717) is 6.42 Å². The third kappa shape index (κ3) is 8.70. The van der Waals surface area contributed by atoms with Crippen molar-refractivity contribution in [1.29, 1.82) is 0 Å². The van der Waals surface area contributed by atoms with Crippen molar-refractivity contribution in [3.63, 3.8) is 0 Å². The van der Waals surface area contributed by atoms with E-state index < -0.39 is 78.2 Å². The van der Waals surface area contributed by atoms with E-state index in [9.17, 15) is 97.8 Å². The van der Waals surface area contributed by atoms with Crippen LogP contribution in [0.3, 0.4) is 0 Å². The largest absolute Gasteiger partial charge is 0.463 e. The molecule has 3 atom stereocenters. The molecule has 47 heavy (non-hydrogen) atoms. The van der Waals surface area contributed by atoms with Gasteiger partial charge in [0.05, 0.1) is 6.10 Å². The van der Waals surface area contributed by atoms with Crippen molar-refractivity contribution >= 4 is 17.9 Å². The van der Waals surface area contributed by atoms with Crippen LogP contribution in [0.25, 0.3) is 0 Å². The van der Waals surface area contributed by atoms with Crippen LogP contribution >= 0.6 is 0 Å². The zero-order valence-electron chi connectivity index (χ0n) is 22.9. The molecule has 0 radical (unpaired) electrons. The molecular formula is C20H17F21O6. The summed E-state index contributed by atoms with van der Waals surface area (Å²) < 4.78 is 255. The quantitative estimate of drug-likeness (QED) is 0.162. The van der Waals surface area contributed by atoms with Crippen LogP contribution in [0, 0.1) is 0 Å². The summed E-state index contributed by atoms with van der Waals surface area (Å²) >= 11 is 0. The molecular weight excluding hydrogens is 735 g/mol. The van der Waals surface area contributed by atoms with Gasteiger partial charge in [-0.05, 0) is 13.3 Å². The van der Waals surface area contributed by atoms with Crippen LogP contribution in [0.4, 0.5) is 92.6 Å². The molecule has 0 amide bonds. The first-order valence-corrected chi connectivity index (χ1v) is 11.2. The highest BCUT2D eigenvalue weighted by molar-refractivity contribution is 5.82. The summed E-state index contributed by atoms with van der Waals surface area (Å²) in [6, 6.07) is 0. The Balaban J connectivity index is 0. The fraction of sp³-hybridized carbons (Fsp3) is 0.850. The van der Waals surface area contributed by atoms with Crippen molar-refractivity contribution in [2.24, 2.45) is 0 Å². The highest BCUT2D eigenvalue weighted by Gasteiger charge is 2.82. The van der Waals surface area contributed by atoms with Gasteiger partial charge in [0.15, 0.2) is 0 Å². The summed E-state index contributed by atoms with van der Waals surface area (Å²) in [5, 5.41) is 0. The second kappa shape index (κ2) is 13.8. The molecule has 0 spiro atoms. The minimum Gasteiger partial charge on any atom is -0.463 e. The van der Waals surface area contributed by atoms with Crippen molar-refractivity contribution in [3.8, 4) is 0 Å². The average molecular weight is 752 g/mol. The maximum Gasteiger partial charge on any atom is 0.460 e. The number of hydrogen-bond donors (Lipinski definition) is 0. The van der Waals surface area contributed by atoms with Crippen LogP contribution in [-0.2, 0) is 28.6 Å². The third-order valence-electron chi connectivity index (χ3n) is 5.38. The molecule has 27 heteroatoms. The second-order valence-corrected chi connectivity index (χ2v) is 9.28. The Hall–Kier alpha value is -3.06. The van der Waals surface area contributed by atoms with Gasteiger partial charge in [-0.2, -0.15) is 83.4 Å². The highest BCUT2D eigenvalue weighted by atomic mass is 20.0. The van der Waals surface area contributed by atoms with Crippen LogP contribution in [0.15, 0.2) is 0 Å². The number of esters is 3. The maximum absolute atomic E-state index is 12.5. The number of ether oxygens (including phenoxy) is 3. The molecule has 0 aromatic heterocycles. The van der Waals surface area contributed by atoms with Gasteiger partial charge in [-0.25, -0.2) is 9.59 Å². The lowest BCUT2D eigenvalue weighted by Crippen LogP contribution is -2.59. The van der Waals surface area contributed by atoms with Crippen molar-refractivity contribution in [1.82, 2.24) is 0 Å². The zero-order chi connectivity index (χ0) is 38.8. The summed E-state index contributed by atoms with van der Waals surface area (Å²) in [6.07, 6.45) is -5.04. The first kappa shape index (κ1) is 46.1. The molecule has 3 fully saturated rings. The maximum atomic E-state index is 12.5. The Morgan fingerprint density at radius 3 is 0.979 bits per heavy atom. The van der Waals surface area contributed by atoms with E-state index in [0.717, 1.165) is 6.42 Å². The zero-order valence-corrected chi connectivity index (χ0v) is 22.9. The molecule has 0 N–H and O–H groups in total. The molecule has 3 saturated heterocycles. The van der Waals surface area contributed by atoms with E-state index in [-0.39, 0.29) is 25.9 Å². The molecule has 3 aliphatic rings. The molecule has 3 heterocycles. The Morgan fingerprint density at radius 2 is 0.915 bits per heavy atom. The molecule has 280 valence electrons. The Labute approximate surface area is 246 Å². The Bertz CT molecular complexity index is 1040. The first-order chi connectivity index (χ1) is 20.3. The summed E-state index contributed by atoms with van der Waals surface area (Å²) in [4.78, 5) is 30.3. The Kier molecular flexibility index (Phi) is 13.5. The van der Waals surface area contributed by atoms with E-state index in [4.69, 9.17) is 13.9 Å². The Morgan fingerprint density at radius 1 is 0.617 bits per heavy atom. The number of alkyl halides is 19. The van der Waals surface area contributed by atoms with Gasteiger partial charge in [-0.3, -0.25) is 4.79 Å². The van der Waals surface area contributed by atoms with Crippen molar-refractivity contribution in [2.45, 2.75) is 106 Å². The predicted octanol–water partition coefficient (Wildman–Crippen LogP) is 8.03. The van der Waals surface area contributed by atoms with Gasteiger partial charge in [0.1, 0.15) is 0 Å².